The first-order valence-corrected chi connectivity index (χ1v) is 7.09. The van der Waals surface area contributed by atoms with Gasteiger partial charge in [0.05, 0.1) is 11.6 Å². The number of hydrogen-bond acceptors (Lipinski definition) is 2. The molecule has 0 saturated heterocycles. The Hall–Kier alpha value is -0.550. The first-order chi connectivity index (χ1) is 8.60. The smallest absolute Gasteiger partial charge is 0.147 e. The highest BCUT2D eigenvalue weighted by Gasteiger charge is 2.06. The second-order valence-electron chi connectivity index (χ2n) is 3.59. The van der Waals surface area contributed by atoms with Gasteiger partial charge in [-0.25, -0.2) is 0 Å². The van der Waals surface area contributed by atoms with Gasteiger partial charge in [0.1, 0.15) is 11.5 Å². The summed E-state index contributed by atoms with van der Waals surface area (Å²) in [6, 6.07) is 10.8. The topological polar surface area (TPSA) is 29.5 Å². The van der Waals surface area contributed by atoms with Gasteiger partial charge in [-0.05, 0) is 35.9 Å². The Bertz CT molecular complexity index is 573. The molecule has 0 aliphatic rings. The van der Waals surface area contributed by atoms with Crippen LogP contribution in [0, 0.1) is 0 Å². The highest BCUT2D eigenvalue weighted by Crippen LogP contribution is 2.33. The Kier molecular flexibility index (Phi) is 4.67. The highest BCUT2D eigenvalue weighted by atomic mass is 79.9. The zero-order valence-corrected chi connectivity index (χ0v) is 13.1. The second-order valence-corrected chi connectivity index (χ2v) is 5.77. The maximum Gasteiger partial charge on any atom is 0.147 e. The van der Waals surface area contributed by atoms with E-state index < -0.39 is 0 Å². The minimum Gasteiger partial charge on any atom is -0.456 e. The summed E-state index contributed by atoms with van der Waals surface area (Å²) in [6.07, 6.45) is 0. The average Bonchev–Trinajstić information content (AvgIpc) is 2.34. The van der Waals surface area contributed by atoms with Crippen LogP contribution in [0.3, 0.4) is 0 Å². The molecule has 0 spiro atoms. The molecule has 0 aliphatic heterocycles. The fourth-order valence-corrected chi connectivity index (χ4v) is 2.38. The maximum absolute atomic E-state index is 9.08. The summed E-state index contributed by atoms with van der Waals surface area (Å²) in [5.74, 6) is 1.23. The molecule has 0 amide bonds. The van der Waals surface area contributed by atoms with Crippen LogP contribution in [0.15, 0.2) is 45.3 Å². The Morgan fingerprint density at radius 2 is 1.89 bits per heavy atom. The number of rotatable bonds is 3. The number of halogens is 3. The zero-order chi connectivity index (χ0) is 13.1. The van der Waals surface area contributed by atoms with Crippen molar-refractivity contribution in [2.75, 3.05) is 0 Å². The van der Waals surface area contributed by atoms with E-state index in [9.17, 15) is 0 Å². The molecule has 0 bridgehead atoms. The van der Waals surface area contributed by atoms with Crippen molar-refractivity contribution in [2.24, 2.45) is 0 Å². The van der Waals surface area contributed by atoms with Crippen LogP contribution in [0.4, 0.5) is 0 Å². The molecule has 1 N–H and O–H groups in total. The van der Waals surface area contributed by atoms with Crippen LogP contribution in [-0.4, -0.2) is 5.11 Å². The summed E-state index contributed by atoms with van der Waals surface area (Å²) in [7, 11) is 0. The van der Waals surface area contributed by atoms with E-state index >= 15 is 0 Å². The first-order valence-electron chi connectivity index (χ1n) is 5.12. The minimum absolute atomic E-state index is 0.0154. The largest absolute Gasteiger partial charge is 0.456 e. The predicted molar refractivity (Wildman–Crippen MR) is 79.3 cm³/mol. The summed E-state index contributed by atoms with van der Waals surface area (Å²) >= 11 is 12.8. The van der Waals surface area contributed by atoms with Gasteiger partial charge < -0.3 is 9.84 Å². The molecule has 0 unspecified atom stereocenters. The number of hydrogen-bond donors (Lipinski definition) is 1. The van der Waals surface area contributed by atoms with Gasteiger partial charge in [-0.3, -0.25) is 0 Å². The molecule has 0 fully saturated rings. The quantitative estimate of drug-likeness (QED) is 0.783. The number of aliphatic hydroxyl groups excluding tert-OH is 1. The molecule has 94 valence electrons. The van der Waals surface area contributed by atoms with E-state index in [-0.39, 0.29) is 6.61 Å². The molecule has 18 heavy (non-hydrogen) atoms. The van der Waals surface area contributed by atoms with Crippen molar-refractivity contribution in [1.82, 2.24) is 0 Å². The van der Waals surface area contributed by atoms with E-state index in [0.717, 1.165) is 14.5 Å². The van der Waals surface area contributed by atoms with Crippen LogP contribution in [0.2, 0.25) is 5.02 Å². The minimum atomic E-state index is -0.0154. The van der Waals surface area contributed by atoms with Crippen molar-refractivity contribution in [1.29, 1.82) is 0 Å². The number of ether oxygens (including phenoxy) is 1. The molecule has 0 aromatic heterocycles. The normalized spacial score (nSPS) is 10.4. The van der Waals surface area contributed by atoms with Gasteiger partial charge in [0.25, 0.3) is 0 Å². The number of aliphatic hydroxyl groups is 1. The molecule has 2 aromatic carbocycles. The molecule has 2 rings (SSSR count). The van der Waals surface area contributed by atoms with Crippen molar-refractivity contribution in [3.05, 3.63) is 55.9 Å². The SMILES string of the molecule is OCc1ccc(Oc2cc(Br)ccc2Cl)cc1Br. The van der Waals surface area contributed by atoms with E-state index in [1.807, 2.05) is 6.07 Å². The molecule has 0 heterocycles. The standard InChI is InChI=1S/C13H9Br2ClO2/c14-9-2-4-12(16)13(5-9)18-10-3-1-8(7-17)11(15)6-10/h1-6,17H,7H2. The van der Waals surface area contributed by atoms with Gasteiger partial charge in [-0.1, -0.05) is 49.5 Å². The number of benzene rings is 2. The van der Waals surface area contributed by atoms with Crippen molar-refractivity contribution < 1.29 is 9.84 Å². The van der Waals surface area contributed by atoms with Gasteiger partial charge >= 0.3 is 0 Å². The molecular weight excluding hydrogens is 383 g/mol. The van der Waals surface area contributed by atoms with Crippen LogP contribution in [0.25, 0.3) is 0 Å². The van der Waals surface area contributed by atoms with Crippen LogP contribution >= 0.6 is 43.5 Å². The average molecular weight is 392 g/mol. The van der Waals surface area contributed by atoms with Gasteiger partial charge in [-0.2, -0.15) is 0 Å². The summed E-state index contributed by atoms with van der Waals surface area (Å²) in [6.45, 7) is -0.0154. The Morgan fingerprint density at radius 3 is 2.56 bits per heavy atom. The third-order valence-corrected chi connectivity index (χ3v) is 3.86. The second kappa shape index (κ2) is 6.06. The van der Waals surface area contributed by atoms with Crippen LogP contribution < -0.4 is 4.74 Å². The van der Waals surface area contributed by atoms with E-state index in [1.54, 1.807) is 30.3 Å². The van der Waals surface area contributed by atoms with Gasteiger partial charge in [0.15, 0.2) is 0 Å². The highest BCUT2D eigenvalue weighted by molar-refractivity contribution is 9.10. The van der Waals surface area contributed by atoms with Gasteiger partial charge in [0.2, 0.25) is 0 Å². The van der Waals surface area contributed by atoms with Crippen molar-refractivity contribution in [3.8, 4) is 11.5 Å². The van der Waals surface area contributed by atoms with Crippen LogP contribution in [-0.2, 0) is 6.61 Å². The third kappa shape index (κ3) is 3.26. The maximum atomic E-state index is 9.08. The molecule has 0 atom stereocenters. The summed E-state index contributed by atoms with van der Waals surface area (Å²) in [5.41, 5.74) is 0.808. The fraction of sp³-hybridized carbons (Fsp3) is 0.0769. The van der Waals surface area contributed by atoms with Crippen LogP contribution in [0.1, 0.15) is 5.56 Å². The van der Waals surface area contributed by atoms with Crippen molar-refractivity contribution in [3.63, 3.8) is 0 Å². The molecule has 5 heteroatoms. The zero-order valence-electron chi connectivity index (χ0n) is 9.16. The monoisotopic (exact) mass is 390 g/mol. The Balaban J connectivity index is 2.28. The molecular formula is C13H9Br2ClO2. The van der Waals surface area contributed by atoms with E-state index in [4.69, 9.17) is 21.4 Å². The third-order valence-electron chi connectivity index (χ3n) is 2.32. The molecule has 2 nitrogen and oxygen atoms in total. The lowest BCUT2D eigenvalue weighted by Gasteiger charge is -2.09. The summed E-state index contributed by atoms with van der Waals surface area (Å²) < 4.78 is 7.39. The van der Waals surface area contributed by atoms with E-state index in [0.29, 0.717) is 16.5 Å². The lowest BCUT2D eigenvalue weighted by molar-refractivity contribution is 0.281. The molecule has 0 saturated carbocycles. The van der Waals surface area contributed by atoms with Crippen LogP contribution in [0.5, 0.6) is 11.5 Å². The Morgan fingerprint density at radius 1 is 1.11 bits per heavy atom. The fourth-order valence-electron chi connectivity index (χ4n) is 1.40. The Labute approximate surface area is 127 Å². The summed E-state index contributed by atoms with van der Waals surface area (Å²) in [4.78, 5) is 0. The van der Waals surface area contributed by atoms with Gasteiger partial charge in [0, 0.05) is 8.95 Å². The lowest BCUT2D eigenvalue weighted by Crippen LogP contribution is -1.89. The molecule has 0 aliphatic carbocycles. The molecule has 2 aromatic rings. The van der Waals surface area contributed by atoms with Gasteiger partial charge in [-0.15, -0.1) is 0 Å². The molecule has 0 radical (unpaired) electrons. The van der Waals surface area contributed by atoms with Crippen molar-refractivity contribution >= 4 is 43.5 Å². The predicted octanol–water partition coefficient (Wildman–Crippen LogP) is 5.15. The lowest BCUT2D eigenvalue weighted by atomic mass is 10.2. The first kappa shape index (κ1) is 13.9. The van der Waals surface area contributed by atoms with E-state index in [1.165, 1.54) is 0 Å². The van der Waals surface area contributed by atoms with E-state index in [2.05, 4.69) is 31.9 Å². The van der Waals surface area contributed by atoms with Crippen molar-refractivity contribution in [2.45, 2.75) is 6.61 Å². The summed E-state index contributed by atoms with van der Waals surface area (Å²) in [5, 5.41) is 9.62.